The molecule has 2 aromatic carbocycles. The van der Waals surface area contributed by atoms with Gasteiger partial charge in [0.2, 0.25) is 0 Å². The van der Waals surface area contributed by atoms with Crippen LogP contribution in [0.3, 0.4) is 0 Å². The van der Waals surface area contributed by atoms with Crippen LogP contribution in [0.2, 0.25) is 5.02 Å². The Morgan fingerprint density at radius 3 is 2.48 bits per heavy atom. The normalized spacial score (nSPS) is 13.3. The summed E-state index contributed by atoms with van der Waals surface area (Å²) in [5, 5.41) is 3.29. The summed E-state index contributed by atoms with van der Waals surface area (Å²) >= 11 is 7.99. The molecule has 0 aromatic heterocycles. The number of carbonyl (C=O) groups is 3. The Hall–Kier alpha value is -1.93. The summed E-state index contributed by atoms with van der Waals surface area (Å²) in [5.41, 5.74) is 1.55. The molecule has 0 aliphatic carbocycles. The smallest absolute Gasteiger partial charge is 0.261 e. The molecule has 0 atom stereocenters. The Morgan fingerprint density at radius 1 is 1.09 bits per heavy atom. The van der Waals surface area contributed by atoms with Gasteiger partial charge in [-0.3, -0.25) is 19.3 Å². The lowest BCUT2D eigenvalue weighted by atomic mass is 10.1. The van der Waals surface area contributed by atoms with Crippen molar-refractivity contribution < 1.29 is 14.4 Å². The molecule has 3 rings (SSSR count). The molecule has 1 aliphatic rings. The monoisotopic (exact) mass is 440 g/mol. The summed E-state index contributed by atoms with van der Waals surface area (Å²) in [4.78, 5) is 37.1. The van der Waals surface area contributed by atoms with Crippen molar-refractivity contribution in [3.63, 3.8) is 0 Å². The van der Waals surface area contributed by atoms with Gasteiger partial charge in [-0.25, -0.2) is 0 Å². The van der Waals surface area contributed by atoms with Crippen LogP contribution in [-0.2, 0) is 0 Å². The molecule has 2 aromatic rings. The highest BCUT2D eigenvalue weighted by Crippen LogP contribution is 2.25. The first kappa shape index (κ1) is 15.9. The van der Waals surface area contributed by atoms with Gasteiger partial charge in [-0.2, -0.15) is 0 Å². The van der Waals surface area contributed by atoms with E-state index in [4.69, 9.17) is 11.6 Å². The topological polar surface area (TPSA) is 66.5 Å². The highest BCUT2D eigenvalue weighted by Gasteiger charge is 2.32. The minimum absolute atomic E-state index is 0.293. The molecule has 1 aliphatic heterocycles. The van der Waals surface area contributed by atoms with E-state index in [2.05, 4.69) is 5.32 Å². The van der Waals surface area contributed by atoms with Gasteiger partial charge in [0.1, 0.15) is 0 Å². The lowest BCUT2D eigenvalue weighted by molar-refractivity contribution is 0.0692. The van der Waals surface area contributed by atoms with Gasteiger partial charge in [-0.15, -0.1) is 0 Å². The van der Waals surface area contributed by atoms with Crippen LogP contribution in [0.1, 0.15) is 31.1 Å². The van der Waals surface area contributed by atoms with Crippen LogP contribution in [-0.4, -0.2) is 29.7 Å². The molecule has 7 heteroatoms. The van der Waals surface area contributed by atoms with Crippen molar-refractivity contribution in [1.82, 2.24) is 4.90 Å². The third-order valence-electron chi connectivity index (χ3n) is 3.53. The molecule has 0 saturated heterocycles. The Kier molecular flexibility index (Phi) is 4.11. The first-order valence-corrected chi connectivity index (χ1v) is 8.07. The predicted molar refractivity (Wildman–Crippen MR) is 95.0 cm³/mol. The van der Waals surface area contributed by atoms with Gasteiger partial charge in [0, 0.05) is 21.9 Å². The summed E-state index contributed by atoms with van der Waals surface area (Å²) in [6.07, 6.45) is 0. The number of hydrogen-bond acceptors (Lipinski definition) is 3. The quantitative estimate of drug-likeness (QED) is 0.575. The van der Waals surface area contributed by atoms with E-state index >= 15 is 0 Å². The van der Waals surface area contributed by atoms with Crippen molar-refractivity contribution in [3.8, 4) is 0 Å². The lowest BCUT2D eigenvalue weighted by Crippen LogP contribution is -2.24. The maximum absolute atomic E-state index is 12.3. The van der Waals surface area contributed by atoms with Crippen molar-refractivity contribution in [1.29, 1.82) is 0 Å². The molecule has 0 unspecified atom stereocenters. The number of imide groups is 1. The molecule has 3 amide bonds. The third-order valence-corrected chi connectivity index (χ3v) is 5.07. The Morgan fingerprint density at radius 2 is 1.78 bits per heavy atom. The molecule has 1 heterocycles. The number of halogens is 2. The number of anilines is 1. The molecule has 0 fully saturated rings. The largest absolute Gasteiger partial charge is 0.322 e. The minimum atomic E-state index is -0.373. The van der Waals surface area contributed by atoms with Crippen LogP contribution in [0.25, 0.3) is 0 Å². The van der Waals surface area contributed by atoms with Crippen LogP contribution in [0.4, 0.5) is 5.69 Å². The van der Waals surface area contributed by atoms with Crippen LogP contribution in [0, 0.1) is 3.57 Å². The second kappa shape index (κ2) is 5.93. The standard InChI is InChI=1S/C16H10ClIN2O3/c1-20-15(22)10-4-3-9(7-11(10)16(20)23)19-14(21)8-2-5-12(17)13(18)6-8/h2-7H,1H3,(H,19,21). The summed E-state index contributed by atoms with van der Waals surface area (Å²) in [5.74, 6) is -1.03. The molecule has 0 radical (unpaired) electrons. The third kappa shape index (κ3) is 2.84. The maximum Gasteiger partial charge on any atom is 0.261 e. The highest BCUT2D eigenvalue weighted by atomic mass is 127. The summed E-state index contributed by atoms with van der Waals surface area (Å²) < 4.78 is 0.772. The van der Waals surface area contributed by atoms with E-state index in [-0.39, 0.29) is 17.7 Å². The number of hydrogen-bond donors (Lipinski definition) is 1. The molecule has 0 bridgehead atoms. The van der Waals surface area contributed by atoms with Crippen molar-refractivity contribution in [2.75, 3.05) is 12.4 Å². The first-order valence-electron chi connectivity index (χ1n) is 6.61. The minimum Gasteiger partial charge on any atom is -0.322 e. The second-order valence-electron chi connectivity index (χ2n) is 5.01. The van der Waals surface area contributed by atoms with Crippen LogP contribution < -0.4 is 5.32 Å². The fourth-order valence-electron chi connectivity index (χ4n) is 2.28. The molecule has 0 spiro atoms. The zero-order valence-electron chi connectivity index (χ0n) is 11.9. The van der Waals surface area contributed by atoms with Crippen molar-refractivity contribution in [2.45, 2.75) is 0 Å². The summed E-state index contributed by atoms with van der Waals surface area (Å²) in [6.45, 7) is 0. The van der Waals surface area contributed by atoms with E-state index < -0.39 is 0 Å². The molecule has 23 heavy (non-hydrogen) atoms. The highest BCUT2D eigenvalue weighted by molar-refractivity contribution is 14.1. The number of benzene rings is 2. The number of nitrogens with one attached hydrogen (secondary N) is 1. The molecule has 1 N–H and O–H groups in total. The second-order valence-corrected chi connectivity index (χ2v) is 6.58. The molecule has 5 nitrogen and oxygen atoms in total. The number of carbonyl (C=O) groups excluding carboxylic acids is 3. The van der Waals surface area contributed by atoms with Gasteiger partial charge in [0.05, 0.1) is 16.1 Å². The Labute approximate surface area is 150 Å². The first-order chi connectivity index (χ1) is 10.9. The van der Waals surface area contributed by atoms with Crippen LogP contribution >= 0.6 is 34.2 Å². The van der Waals surface area contributed by atoms with Crippen LogP contribution in [0.15, 0.2) is 36.4 Å². The van der Waals surface area contributed by atoms with Crippen LogP contribution in [0.5, 0.6) is 0 Å². The Bertz CT molecular complexity index is 866. The SMILES string of the molecule is CN1C(=O)c2ccc(NC(=O)c3ccc(Cl)c(I)c3)cc2C1=O. The Balaban J connectivity index is 1.87. The number of rotatable bonds is 2. The van der Waals surface area contributed by atoms with Gasteiger partial charge in [-0.1, -0.05) is 11.6 Å². The van der Waals surface area contributed by atoms with E-state index in [1.54, 1.807) is 30.3 Å². The van der Waals surface area contributed by atoms with Gasteiger partial charge in [-0.05, 0) is 59.0 Å². The van der Waals surface area contributed by atoms with Gasteiger partial charge in [0.25, 0.3) is 17.7 Å². The van der Waals surface area contributed by atoms with E-state index in [1.807, 2.05) is 22.6 Å². The van der Waals surface area contributed by atoms with Gasteiger partial charge in [0.15, 0.2) is 0 Å². The van der Waals surface area contributed by atoms with E-state index in [0.717, 1.165) is 8.47 Å². The molecule has 116 valence electrons. The number of amides is 3. The van der Waals surface area contributed by atoms with Gasteiger partial charge >= 0.3 is 0 Å². The van der Waals surface area contributed by atoms with E-state index in [1.165, 1.54) is 13.1 Å². The van der Waals surface area contributed by atoms with E-state index in [9.17, 15) is 14.4 Å². The lowest BCUT2D eigenvalue weighted by Gasteiger charge is -2.07. The average Bonchev–Trinajstić information content (AvgIpc) is 2.74. The summed E-state index contributed by atoms with van der Waals surface area (Å²) in [7, 11) is 1.43. The number of nitrogens with zero attached hydrogens (tertiary/aromatic N) is 1. The fourth-order valence-corrected chi connectivity index (χ4v) is 2.91. The van der Waals surface area contributed by atoms with Crippen molar-refractivity contribution in [3.05, 3.63) is 61.7 Å². The molecular formula is C16H10ClIN2O3. The molecular weight excluding hydrogens is 431 g/mol. The zero-order chi connectivity index (χ0) is 16.7. The average molecular weight is 441 g/mol. The maximum atomic E-state index is 12.3. The fraction of sp³-hybridized carbons (Fsp3) is 0.0625. The van der Waals surface area contributed by atoms with Crippen molar-refractivity contribution >= 4 is 57.6 Å². The molecule has 0 saturated carbocycles. The van der Waals surface area contributed by atoms with Gasteiger partial charge < -0.3 is 5.32 Å². The van der Waals surface area contributed by atoms with E-state index in [0.29, 0.717) is 27.4 Å². The zero-order valence-corrected chi connectivity index (χ0v) is 14.8. The number of fused-ring (bicyclic) bond motifs is 1. The van der Waals surface area contributed by atoms with Crippen molar-refractivity contribution in [2.24, 2.45) is 0 Å². The summed E-state index contributed by atoms with van der Waals surface area (Å²) in [6, 6.07) is 9.60. The predicted octanol–water partition coefficient (Wildman–Crippen LogP) is 3.42.